The van der Waals surface area contributed by atoms with E-state index in [1.807, 2.05) is 26.0 Å². The van der Waals surface area contributed by atoms with Crippen LogP contribution < -0.4 is 4.74 Å². The fourth-order valence-corrected chi connectivity index (χ4v) is 1.74. The molecule has 4 heteroatoms. The number of nitrogens with zero attached hydrogens (tertiary/aromatic N) is 1. The van der Waals surface area contributed by atoms with E-state index in [-0.39, 0.29) is 10.8 Å². The van der Waals surface area contributed by atoms with Crippen LogP contribution in [0.3, 0.4) is 0 Å². The van der Waals surface area contributed by atoms with Crippen molar-refractivity contribution in [2.45, 2.75) is 13.8 Å². The van der Waals surface area contributed by atoms with Gasteiger partial charge in [0.25, 0.3) is 0 Å². The van der Waals surface area contributed by atoms with Crippen molar-refractivity contribution in [3.05, 3.63) is 58.4 Å². The molecule has 1 aromatic carbocycles. The second-order valence-corrected chi connectivity index (χ2v) is 4.36. The van der Waals surface area contributed by atoms with E-state index in [1.165, 1.54) is 12.3 Å². The van der Waals surface area contributed by atoms with Gasteiger partial charge in [-0.05, 0) is 25.5 Å². The molecule has 0 unspecified atom stereocenters. The highest BCUT2D eigenvalue weighted by Gasteiger charge is 2.13. The summed E-state index contributed by atoms with van der Waals surface area (Å²) in [5.41, 5.74) is 2.49. The Labute approximate surface area is 110 Å². The van der Waals surface area contributed by atoms with Crippen molar-refractivity contribution in [1.29, 1.82) is 0 Å². The predicted molar refractivity (Wildman–Crippen MR) is 69.0 cm³/mol. The first-order valence-corrected chi connectivity index (χ1v) is 5.77. The third-order valence-electron chi connectivity index (χ3n) is 2.49. The van der Waals surface area contributed by atoms with Crippen LogP contribution in [0.5, 0.6) is 5.75 Å². The Balaban J connectivity index is 2.25. The van der Waals surface area contributed by atoms with Gasteiger partial charge >= 0.3 is 5.97 Å². The van der Waals surface area contributed by atoms with Crippen LogP contribution in [-0.4, -0.2) is 11.0 Å². The lowest BCUT2D eigenvalue weighted by molar-refractivity contribution is 0.0734. The van der Waals surface area contributed by atoms with E-state index < -0.39 is 5.97 Å². The van der Waals surface area contributed by atoms with Crippen LogP contribution in [0.2, 0.25) is 5.02 Å². The Morgan fingerprint density at radius 1 is 1.39 bits per heavy atom. The Bertz CT molecular complexity index is 596. The molecule has 2 rings (SSSR count). The lowest BCUT2D eigenvalue weighted by Gasteiger charge is -2.08. The van der Waals surface area contributed by atoms with E-state index in [0.29, 0.717) is 5.56 Å². The molecule has 0 saturated carbocycles. The highest BCUT2D eigenvalue weighted by atomic mass is 35.5. The van der Waals surface area contributed by atoms with Crippen LogP contribution in [0.15, 0.2) is 30.5 Å². The summed E-state index contributed by atoms with van der Waals surface area (Å²) in [6, 6.07) is 6.97. The van der Waals surface area contributed by atoms with Crippen molar-refractivity contribution in [2.24, 2.45) is 0 Å². The highest BCUT2D eigenvalue weighted by Crippen LogP contribution is 2.23. The summed E-state index contributed by atoms with van der Waals surface area (Å²) in [7, 11) is 0. The summed E-state index contributed by atoms with van der Waals surface area (Å²) in [5.74, 6) is -0.175. The molecular weight excluding hydrogens is 250 g/mol. The van der Waals surface area contributed by atoms with Crippen LogP contribution in [0.1, 0.15) is 21.5 Å². The number of pyridine rings is 1. The number of benzene rings is 1. The molecule has 0 fully saturated rings. The van der Waals surface area contributed by atoms with Crippen molar-refractivity contribution in [3.63, 3.8) is 0 Å². The molecule has 0 atom stereocenters. The number of hydrogen-bond acceptors (Lipinski definition) is 3. The number of hydrogen-bond donors (Lipinski definition) is 0. The normalized spacial score (nSPS) is 10.2. The Kier molecular flexibility index (Phi) is 3.63. The smallest absolute Gasteiger partial charge is 0.343 e. The van der Waals surface area contributed by atoms with E-state index in [1.54, 1.807) is 6.07 Å². The maximum atomic E-state index is 12.0. The number of carbonyl (C=O) groups is 1. The van der Waals surface area contributed by atoms with Crippen molar-refractivity contribution < 1.29 is 9.53 Å². The van der Waals surface area contributed by atoms with Gasteiger partial charge in [0, 0.05) is 6.07 Å². The summed E-state index contributed by atoms with van der Waals surface area (Å²) in [6.45, 7) is 3.83. The first-order valence-electron chi connectivity index (χ1n) is 5.39. The summed E-state index contributed by atoms with van der Waals surface area (Å²) in [5, 5.41) is 0.284. The van der Waals surface area contributed by atoms with Crippen LogP contribution in [-0.2, 0) is 0 Å². The molecule has 2 aromatic rings. The Morgan fingerprint density at radius 3 is 2.83 bits per heavy atom. The summed E-state index contributed by atoms with van der Waals surface area (Å²) >= 11 is 5.86. The highest BCUT2D eigenvalue weighted by molar-refractivity contribution is 6.32. The molecular formula is C14H11ClNO2. The van der Waals surface area contributed by atoms with Gasteiger partial charge in [-0.15, -0.1) is 0 Å². The van der Waals surface area contributed by atoms with Gasteiger partial charge in [0.2, 0.25) is 0 Å². The molecule has 0 aliphatic rings. The molecule has 0 N–H and O–H groups in total. The van der Waals surface area contributed by atoms with E-state index in [9.17, 15) is 4.79 Å². The van der Waals surface area contributed by atoms with Gasteiger partial charge in [-0.1, -0.05) is 29.3 Å². The third-order valence-corrected chi connectivity index (χ3v) is 2.77. The topological polar surface area (TPSA) is 39.2 Å². The zero-order valence-corrected chi connectivity index (χ0v) is 10.8. The average Bonchev–Trinajstić information content (AvgIpc) is 2.32. The second-order valence-electron chi connectivity index (χ2n) is 3.95. The van der Waals surface area contributed by atoms with Gasteiger partial charge in [0.1, 0.15) is 5.02 Å². The molecule has 0 amide bonds. The maximum Gasteiger partial charge on any atom is 0.343 e. The first kappa shape index (κ1) is 12.6. The van der Waals surface area contributed by atoms with Gasteiger partial charge in [0.05, 0.1) is 18.0 Å². The molecule has 18 heavy (non-hydrogen) atoms. The Hall–Kier alpha value is -1.87. The van der Waals surface area contributed by atoms with Crippen molar-refractivity contribution in [1.82, 2.24) is 4.98 Å². The largest absolute Gasteiger partial charge is 0.421 e. The van der Waals surface area contributed by atoms with Gasteiger partial charge in [-0.25, -0.2) is 4.79 Å². The Morgan fingerprint density at radius 2 is 2.17 bits per heavy atom. The minimum Gasteiger partial charge on any atom is -0.421 e. The summed E-state index contributed by atoms with van der Waals surface area (Å²) in [6.07, 6.45) is 3.95. The van der Waals surface area contributed by atoms with Gasteiger partial charge in [-0.2, -0.15) is 0 Å². The number of carbonyl (C=O) groups excluding carboxylic acids is 1. The third kappa shape index (κ3) is 2.68. The fraction of sp³-hybridized carbons (Fsp3) is 0.143. The quantitative estimate of drug-likeness (QED) is 0.777. The molecule has 3 nitrogen and oxygen atoms in total. The predicted octanol–water partition coefficient (Wildman–Crippen LogP) is 3.37. The molecule has 1 radical (unpaired) electrons. The van der Waals surface area contributed by atoms with Crippen LogP contribution in [0, 0.1) is 20.0 Å². The van der Waals surface area contributed by atoms with E-state index >= 15 is 0 Å². The molecule has 1 heterocycles. The second kappa shape index (κ2) is 5.19. The lowest BCUT2D eigenvalue weighted by Crippen LogP contribution is -2.10. The molecule has 0 saturated heterocycles. The number of rotatable bonds is 2. The van der Waals surface area contributed by atoms with Gasteiger partial charge in [-0.3, -0.25) is 4.98 Å². The molecule has 91 valence electrons. The van der Waals surface area contributed by atoms with Crippen molar-refractivity contribution in [2.75, 3.05) is 0 Å². The van der Waals surface area contributed by atoms with E-state index in [4.69, 9.17) is 16.3 Å². The molecule has 0 aliphatic carbocycles. The molecule has 0 bridgehead atoms. The SMILES string of the molecule is Cc1ccc(C(=O)Oc2c[c]ncc2Cl)c(C)c1. The van der Waals surface area contributed by atoms with Crippen LogP contribution in [0.25, 0.3) is 0 Å². The van der Waals surface area contributed by atoms with Crippen LogP contribution in [0.4, 0.5) is 0 Å². The molecule has 0 aliphatic heterocycles. The first-order chi connectivity index (χ1) is 8.58. The van der Waals surface area contributed by atoms with Gasteiger partial charge in [0.15, 0.2) is 5.75 Å². The summed E-state index contributed by atoms with van der Waals surface area (Å²) < 4.78 is 5.21. The number of ether oxygens (including phenoxy) is 1. The lowest BCUT2D eigenvalue weighted by atomic mass is 10.1. The monoisotopic (exact) mass is 260 g/mol. The van der Waals surface area contributed by atoms with Crippen molar-refractivity contribution in [3.8, 4) is 5.75 Å². The minimum absolute atomic E-state index is 0.261. The summed E-state index contributed by atoms with van der Waals surface area (Å²) in [4.78, 5) is 15.7. The molecule has 1 aromatic heterocycles. The van der Waals surface area contributed by atoms with E-state index in [0.717, 1.165) is 11.1 Å². The van der Waals surface area contributed by atoms with Crippen LogP contribution >= 0.6 is 11.6 Å². The van der Waals surface area contributed by atoms with Gasteiger partial charge < -0.3 is 4.74 Å². The number of aromatic nitrogens is 1. The molecule has 0 spiro atoms. The zero-order chi connectivity index (χ0) is 13.1. The van der Waals surface area contributed by atoms with E-state index in [2.05, 4.69) is 11.2 Å². The fourth-order valence-electron chi connectivity index (χ4n) is 1.60. The maximum absolute atomic E-state index is 12.0. The zero-order valence-electron chi connectivity index (χ0n) is 10.0. The minimum atomic E-state index is -0.436. The number of halogens is 1. The number of esters is 1. The number of aryl methyl sites for hydroxylation is 2. The standard InChI is InChI=1S/C14H11ClNO2/c1-9-3-4-11(10(2)7-9)14(17)18-13-5-6-16-8-12(13)15/h3-5,7-8H,1-2H3. The average molecular weight is 261 g/mol. The van der Waals surface area contributed by atoms with Crippen molar-refractivity contribution >= 4 is 17.6 Å².